The first-order chi connectivity index (χ1) is 21.0. The number of benzene rings is 1. The number of anilines is 1. The molecule has 45 heavy (non-hydrogen) atoms. The lowest BCUT2D eigenvalue weighted by atomic mass is 9.74. The molecule has 6 atom stereocenters. The molecular formula is C36H51N3O6. The lowest BCUT2D eigenvalue weighted by Gasteiger charge is -2.46. The van der Waals surface area contributed by atoms with Crippen molar-refractivity contribution in [3.05, 3.63) is 48.6 Å². The second-order valence-electron chi connectivity index (χ2n) is 15.4. The molecule has 4 heterocycles. The van der Waals surface area contributed by atoms with Crippen LogP contribution in [0.1, 0.15) is 68.7 Å². The maximum atomic E-state index is 14.9. The van der Waals surface area contributed by atoms with Crippen LogP contribution in [0.4, 0.5) is 5.69 Å². The highest BCUT2D eigenvalue weighted by molar-refractivity contribution is 6.04. The molecule has 1 N–H and O–H groups in total. The Morgan fingerprint density at radius 1 is 0.956 bits per heavy atom. The van der Waals surface area contributed by atoms with Gasteiger partial charge in [-0.2, -0.15) is 0 Å². The zero-order chi connectivity index (χ0) is 33.1. The van der Waals surface area contributed by atoms with Gasteiger partial charge in [-0.3, -0.25) is 14.4 Å². The molecule has 4 aliphatic heterocycles. The Labute approximate surface area is 268 Å². The van der Waals surface area contributed by atoms with E-state index in [-0.39, 0.29) is 35.7 Å². The highest BCUT2D eigenvalue weighted by Crippen LogP contribution is 2.58. The van der Waals surface area contributed by atoms with Gasteiger partial charge in [-0.1, -0.05) is 58.9 Å². The van der Waals surface area contributed by atoms with Crippen LogP contribution in [0.3, 0.4) is 0 Å². The van der Waals surface area contributed by atoms with Crippen LogP contribution in [0.15, 0.2) is 48.6 Å². The fourth-order valence-electron chi connectivity index (χ4n) is 8.50. The van der Waals surface area contributed by atoms with Gasteiger partial charge in [-0.15, -0.1) is 0 Å². The van der Waals surface area contributed by atoms with E-state index in [4.69, 9.17) is 9.47 Å². The number of ether oxygens (including phenoxy) is 2. The normalized spacial score (nSPS) is 30.8. The number of amides is 3. The molecule has 0 aliphatic carbocycles. The second kappa shape index (κ2) is 11.6. The van der Waals surface area contributed by atoms with Gasteiger partial charge in [-0.05, 0) is 69.7 Å². The van der Waals surface area contributed by atoms with Gasteiger partial charge >= 0.3 is 0 Å². The van der Waals surface area contributed by atoms with Crippen molar-refractivity contribution in [1.29, 1.82) is 0 Å². The smallest absolute Gasteiger partial charge is 0.249 e. The number of hydrogen-bond acceptors (Lipinski definition) is 6. The molecule has 1 aromatic rings. The first-order valence-electron chi connectivity index (χ1n) is 16.4. The third kappa shape index (κ3) is 5.50. The average Bonchev–Trinajstić information content (AvgIpc) is 3.19. The van der Waals surface area contributed by atoms with Crippen LogP contribution in [0, 0.1) is 23.2 Å². The van der Waals surface area contributed by atoms with Crippen molar-refractivity contribution in [3.8, 4) is 5.75 Å². The van der Waals surface area contributed by atoms with E-state index < -0.39 is 40.7 Å². The van der Waals surface area contributed by atoms with Crippen molar-refractivity contribution >= 4 is 23.4 Å². The predicted molar refractivity (Wildman–Crippen MR) is 174 cm³/mol. The molecule has 9 nitrogen and oxygen atoms in total. The van der Waals surface area contributed by atoms with E-state index in [9.17, 15) is 19.5 Å². The van der Waals surface area contributed by atoms with E-state index in [1.165, 1.54) is 0 Å². The fourth-order valence-corrected chi connectivity index (χ4v) is 8.50. The predicted octanol–water partition coefficient (Wildman–Crippen LogP) is 4.59. The zero-order valence-corrected chi connectivity index (χ0v) is 28.4. The van der Waals surface area contributed by atoms with Crippen molar-refractivity contribution in [3.63, 3.8) is 0 Å². The lowest BCUT2D eigenvalue weighted by Crippen LogP contribution is -2.62. The molecule has 3 amide bonds. The summed E-state index contributed by atoms with van der Waals surface area (Å²) in [5, 5.41) is 10.6. The molecule has 0 aromatic heterocycles. The molecule has 0 radical (unpaired) electrons. The number of fused-ring (bicyclic) bond motifs is 2. The topological polar surface area (TPSA) is 99.6 Å². The van der Waals surface area contributed by atoms with Crippen molar-refractivity contribution in [2.45, 2.75) is 97.6 Å². The number of carbonyl (C=O) groups is 3. The van der Waals surface area contributed by atoms with Crippen LogP contribution < -0.4 is 9.64 Å². The Bertz CT molecular complexity index is 1380. The molecule has 1 unspecified atom stereocenters. The molecule has 5 rings (SSSR count). The molecule has 0 bridgehead atoms. The molecule has 9 heteroatoms. The third-order valence-electron chi connectivity index (χ3n) is 9.96. The van der Waals surface area contributed by atoms with E-state index in [1.54, 1.807) is 9.80 Å². The largest absolute Gasteiger partial charge is 0.494 e. The van der Waals surface area contributed by atoms with Crippen molar-refractivity contribution in [2.24, 2.45) is 23.2 Å². The summed E-state index contributed by atoms with van der Waals surface area (Å²) in [6, 6.07) is 5.71. The Balaban J connectivity index is 1.63. The summed E-state index contributed by atoms with van der Waals surface area (Å²) in [6.07, 6.45) is 8.35. The minimum atomic E-state index is -1.38. The lowest BCUT2D eigenvalue weighted by molar-refractivity contribution is -0.159. The van der Waals surface area contributed by atoms with Crippen LogP contribution >= 0.6 is 0 Å². The number of aliphatic hydroxyl groups is 1. The number of carbonyl (C=O) groups excluding carboxylic acids is 3. The molecule has 0 saturated carbocycles. The monoisotopic (exact) mass is 621 g/mol. The molecule has 2 saturated heterocycles. The summed E-state index contributed by atoms with van der Waals surface area (Å²) in [5.74, 6) is -2.05. The standard InChI is InChI=1S/C36H51N3O6/c1-10-44-25-15-13-24(14-16-25)37-19-11-17-35(9)27(30(37)41)28-31(42)39(26(21-40)23(2)3)29-32(43)38(20-12-18-36(28,29)45-35)34(7,8)22-33(4,5)6/h11-18,23,26-29,40H,10,19-22H2,1-9H3/t26-,27-,28-,29?,35+,36-/m0/s1. The second-order valence-corrected chi connectivity index (χ2v) is 15.4. The fraction of sp³-hybridized carbons (Fsp3) is 0.639. The van der Waals surface area contributed by atoms with Crippen molar-refractivity contribution < 1.29 is 29.0 Å². The Morgan fingerprint density at radius 2 is 1.60 bits per heavy atom. The Hall–Kier alpha value is -3.17. The van der Waals surface area contributed by atoms with Gasteiger partial charge in [0, 0.05) is 24.3 Å². The molecule has 2 fully saturated rings. The third-order valence-corrected chi connectivity index (χ3v) is 9.96. The van der Waals surface area contributed by atoms with Crippen LogP contribution in [0.5, 0.6) is 5.75 Å². The maximum Gasteiger partial charge on any atom is 0.249 e. The number of aliphatic hydroxyl groups excluding tert-OH is 1. The molecule has 1 spiro atoms. The SMILES string of the molecule is CCOc1ccc(N2CC=C[C@@]3(C)O[C@]45C=CCN(C(C)(C)CC(C)(C)C)C(=O)C4N([C@@H](CO)C(C)C)C(=O)[C@@H]5[C@H]3C2=O)cc1. The van der Waals surface area contributed by atoms with Crippen molar-refractivity contribution in [1.82, 2.24) is 9.80 Å². The minimum absolute atomic E-state index is 0.0527. The van der Waals surface area contributed by atoms with Gasteiger partial charge in [-0.25, -0.2) is 0 Å². The van der Waals surface area contributed by atoms with Gasteiger partial charge in [0.05, 0.1) is 36.7 Å². The highest BCUT2D eigenvalue weighted by Gasteiger charge is 2.75. The summed E-state index contributed by atoms with van der Waals surface area (Å²) >= 11 is 0. The van der Waals surface area contributed by atoms with Crippen LogP contribution in [-0.2, 0) is 19.1 Å². The highest BCUT2D eigenvalue weighted by atomic mass is 16.5. The van der Waals surface area contributed by atoms with Gasteiger partial charge in [0.1, 0.15) is 17.4 Å². The van der Waals surface area contributed by atoms with Gasteiger partial charge in [0.2, 0.25) is 17.7 Å². The summed E-state index contributed by atoms with van der Waals surface area (Å²) in [4.78, 5) is 49.5. The molecule has 246 valence electrons. The average molecular weight is 622 g/mol. The molecule has 1 aromatic carbocycles. The first-order valence-corrected chi connectivity index (χ1v) is 16.4. The van der Waals surface area contributed by atoms with E-state index in [2.05, 4.69) is 34.6 Å². The quantitative estimate of drug-likeness (QED) is 0.427. The van der Waals surface area contributed by atoms with E-state index >= 15 is 0 Å². The van der Waals surface area contributed by atoms with E-state index in [0.29, 0.717) is 31.1 Å². The van der Waals surface area contributed by atoms with E-state index in [0.717, 1.165) is 6.42 Å². The van der Waals surface area contributed by atoms with Gasteiger partial charge < -0.3 is 29.3 Å². The van der Waals surface area contributed by atoms with Crippen LogP contribution in [-0.4, -0.2) is 87.8 Å². The minimum Gasteiger partial charge on any atom is -0.494 e. The Morgan fingerprint density at radius 3 is 2.18 bits per heavy atom. The van der Waals surface area contributed by atoms with Crippen molar-refractivity contribution in [2.75, 3.05) is 31.2 Å². The molecular weight excluding hydrogens is 570 g/mol. The Kier molecular flexibility index (Phi) is 8.53. The van der Waals surface area contributed by atoms with Crippen LogP contribution in [0.2, 0.25) is 0 Å². The number of hydrogen-bond donors (Lipinski definition) is 1. The zero-order valence-electron chi connectivity index (χ0n) is 28.4. The number of rotatable bonds is 8. The first kappa shape index (κ1) is 33.2. The summed E-state index contributed by atoms with van der Waals surface area (Å²) in [5.41, 5.74) is -2.41. The number of likely N-dealkylation sites (tertiary alicyclic amines) is 1. The van der Waals surface area contributed by atoms with Gasteiger partial charge in [0.25, 0.3) is 0 Å². The summed E-state index contributed by atoms with van der Waals surface area (Å²) in [6.45, 7) is 19.1. The van der Waals surface area contributed by atoms with E-state index in [1.807, 2.05) is 81.2 Å². The van der Waals surface area contributed by atoms with Crippen LogP contribution in [0.25, 0.3) is 0 Å². The summed E-state index contributed by atoms with van der Waals surface area (Å²) < 4.78 is 12.6. The molecule has 4 aliphatic rings. The maximum absolute atomic E-state index is 14.9. The summed E-state index contributed by atoms with van der Waals surface area (Å²) in [7, 11) is 0. The van der Waals surface area contributed by atoms with Gasteiger partial charge in [0.15, 0.2) is 0 Å². The number of nitrogens with zero attached hydrogens (tertiary/aromatic N) is 3.